The summed E-state index contributed by atoms with van der Waals surface area (Å²) in [7, 11) is 0. The van der Waals surface area contributed by atoms with Crippen molar-refractivity contribution >= 4 is 33.5 Å². The fraction of sp³-hybridized carbons (Fsp3) is 0.211. The average molecular weight is 395 g/mol. The highest BCUT2D eigenvalue weighted by molar-refractivity contribution is 7.15. The maximum absolute atomic E-state index is 13.2. The quantitative estimate of drug-likeness (QED) is 0.553. The van der Waals surface area contributed by atoms with Crippen LogP contribution in [-0.4, -0.2) is 26.2 Å². The van der Waals surface area contributed by atoms with E-state index < -0.39 is 0 Å². The molecule has 0 atom stereocenters. The van der Waals surface area contributed by atoms with Gasteiger partial charge in [0.05, 0.1) is 22.3 Å². The third-order valence-corrected chi connectivity index (χ3v) is 5.59. The number of anilines is 1. The van der Waals surface area contributed by atoms with E-state index in [2.05, 4.69) is 25.7 Å². The highest BCUT2D eigenvalue weighted by Gasteiger charge is 2.28. The van der Waals surface area contributed by atoms with Crippen molar-refractivity contribution < 1.29 is 13.7 Å². The Morgan fingerprint density at radius 3 is 2.79 bits per heavy atom. The lowest BCUT2D eigenvalue weighted by Crippen LogP contribution is -2.13. The number of nitrogens with one attached hydrogen (secondary N) is 1. The zero-order valence-corrected chi connectivity index (χ0v) is 15.6. The molecule has 0 saturated heterocycles. The van der Waals surface area contributed by atoms with E-state index in [0.29, 0.717) is 39.0 Å². The Morgan fingerprint density at radius 2 is 2.04 bits per heavy atom. The van der Waals surface area contributed by atoms with Gasteiger partial charge in [0.1, 0.15) is 10.8 Å². The second kappa shape index (κ2) is 6.45. The first kappa shape index (κ1) is 16.9. The van der Waals surface area contributed by atoms with Gasteiger partial charge in [0.25, 0.3) is 11.6 Å². The smallest absolute Gasteiger partial charge is 0.259 e. The van der Waals surface area contributed by atoms with Crippen molar-refractivity contribution in [3.05, 3.63) is 52.4 Å². The monoisotopic (exact) mass is 395 g/mol. The first-order valence-corrected chi connectivity index (χ1v) is 9.58. The maximum atomic E-state index is 13.2. The van der Waals surface area contributed by atoms with Crippen LogP contribution in [0.4, 0.5) is 9.52 Å². The molecule has 3 heterocycles. The van der Waals surface area contributed by atoms with Gasteiger partial charge in [0, 0.05) is 11.5 Å². The van der Waals surface area contributed by atoms with E-state index in [1.165, 1.54) is 23.5 Å². The third-order valence-electron chi connectivity index (χ3n) is 4.59. The molecule has 0 radical (unpaired) electrons. The van der Waals surface area contributed by atoms with Crippen molar-refractivity contribution in [1.82, 2.24) is 20.3 Å². The molecule has 1 aliphatic carbocycles. The summed E-state index contributed by atoms with van der Waals surface area (Å²) in [5, 5.41) is 16.9. The lowest BCUT2D eigenvalue weighted by Gasteiger charge is -2.06. The molecule has 28 heavy (non-hydrogen) atoms. The van der Waals surface area contributed by atoms with Crippen molar-refractivity contribution in [2.24, 2.45) is 0 Å². The van der Waals surface area contributed by atoms with Gasteiger partial charge >= 0.3 is 0 Å². The Hall–Kier alpha value is -3.20. The summed E-state index contributed by atoms with van der Waals surface area (Å²) in [5.74, 6) is -0.220. The lowest BCUT2D eigenvalue weighted by molar-refractivity contribution is 0.102. The molecule has 7 nitrogen and oxygen atoms in total. The molecule has 0 bridgehead atoms. The number of carbonyl (C=O) groups excluding carboxylic acids is 1. The molecule has 1 N–H and O–H groups in total. The molecule has 0 aliphatic heterocycles. The molecule has 1 aromatic carbocycles. The minimum Gasteiger partial charge on any atom is -0.335 e. The number of nitrogens with zero attached hydrogens (tertiary/aromatic N) is 4. The second-order valence-corrected chi connectivity index (χ2v) is 7.69. The molecule has 1 aliphatic rings. The van der Waals surface area contributed by atoms with Crippen molar-refractivity contribution in [3.63, 3.8) is 0 Å². The Kier molecular flexibility index (Phi) is 3.90. The number of aromatic nitrogens is 4. The van der Waals surface area contributed by atoms with Crippen LogP contribution in [0.2, 0.25) is 0 Å². The fourth-order valence-electron chi connectivity index (χ4n) is 2.99. The van der Waals surface area contributed by atoms with E-state index in [0.717, 1.165) is 17.8 Å². The summed E-state index contributed by atoms with van der Waals surface area (Å²) in [6.07, 6.45) is 2.24. The van der Waals surface area contributed by atoms with Gasteiger partial charge in [0.15, 0.2) is 0 Å². The lowest BCUT2D eigenvalue weighted by atomic mass is 10.1. The number of benzene rings is 1. The molecular formula is C19H14FN5O2S. The predicted molar refractivity (Wildman–Crippen MR) is 102 cm³/mol. The molecule has 140 valence electrons. The van der Waals surface area contributed by atoms with Gasteiger partial charge in [0.2, 0.25) is 5.13 Å². The summed E-state index contributed by atoms with van der Waals surface area (Å²) < 4.78 is 18.5. The maximum Gasteiger partial charge on any atom is 0.259 e. The van der Waals surface area contributed by atoms with Crippen LogP contribution in [0.5, 0.6) is 0 Å². The van der Waals surface area contributed by atoms with Crippen LogP contribution in [0.25, 0.3) is 22.4 Å². The molecule has 1 amide bonds. The zero-order valence-electron chi connectivity index (χ0n) is 14.8. The van der Waals surface area contributed by atoms with Crippen LogP contribution in [-0.2, 0) is 0 Å². The molecule has 0 spiro atoms. The molecular weight excluding hydrogens is 381 g/mol. The van der Waals surface area contributed by atoms with E-state index in [1.807, 2.05) is 0 Å². The van der Waals surface area contributed by atoms with Crippen molar-refractivity contribution in [2.45, 2.75) is 25.7 Å². The van der Waals surface area contributed by atoms with E-state index in [-0.39, 0.29) is 17.4 Å². The van der Waals surface area contributed by atoms with Crippen molar-refractivity contribution in [2.75, 3.05) is 5.32 Å². The second-order valence-electron chi connectivity index (χ2n) is 6.68. The van der Waals surface area contributed by atoms with Gasteiger partial charge in [-0.25, -0.2) is 9.37 Å². The van der Waals surface area contributed by atoms with Gasteiger partial charge in [-0.05, 0) is 50.1 Å². The van der Waals surface area contributed by atoms with Gasteiger partial charge in [-0.1, -0.05) is 16.5 Å². The van der Waals surface area contributed by atoms with Gasteiger partial charge in [-0.2, -0.15) is 0 Å². The SMILES string of the molecule is Cc1noc2nc(-c3ccc(F)cc3)cc(C(=O)Nc3nnc(C4CC4)s3)c12. The Balaban J connectivity index is 1.54. The van der Waals surface area contributed by atoms with Gasteiger partial charge in [-0.15, -0.1) is 10.2 Å². The molecule has 9 heteroatoms. The summed E-state index contributed by atoms with van der Waals surface area (Å²) in [4.78, 5) is 17.4. The fourth-order valence-corrected chi connectivity index (χ4v) is 3.89. The highest BCUT2D eigenvalue weighted by atomic mass is 32.1. The number of aryl methyl sites for hydroxylation is 1. The number of rotatable bonds is 4. The predicted octanol–water partition coefficient (Wildman–Crippen LogP) is 4.32. The number of halogens is 1. The molecule has 1 fully saturated rings. The molecule has 3 aromatic heterocycles. The van der Waals surface area contributed by atoms with Crippen LogP contribution in [0.15, 0.2) is 34.9 Å². The van der Waals surface area contributed by atoms with E-state index in [9.17, 15) is 9.18 Å². The Morgan fingerprint density at radius 1 is 1.25 bits per heavy atom. The first-order chi connectivity index (χ1) is 13.6. The van der Waals surface area contributed by atoms with Gasteiger partial charge < -0.3 is 4.52 Å². The van der Waals surface area contributed by atoms with Crippen LogP contribution in [0.3, 0.4) is 0 Å². The number of pyridine rings is 1. The van der Waals surface area contributed by atoms with Crippen molar-refractivity contribution in [1.29, 1.82) is 0 Å². The average Bonchev–Trinajstić information content (AvgIpc) is 3.34. The minimum atomic E-state index is -0.347. The number of carbonyl (C=O) groups is 1. The van der Waals surface area contributed by atoms with E-state index >= 15 is 0 Å². The normalized spacial score (nSPS) is 13.8. The van der Waals surface area contributed by atoms with Crippen LogP contribution in [0, 0.1) is 12.7 Å². The summed E-state index contributed by atoms with van der Waals surface area (Å²) in [5.41, 5.74) is 2.34. The van der Waals surface area contributed by atoms with Crippen LogP contribution < -0.4 is 5.32 Å². The minimum absolute atomic E-state index is 0.250. The summed E-state index contributed by atoms with van der Waals surface area (Å²) in [6.45, 7) is 1.75. The number of hydrogen-bond acceptors (Lipinski definition) is 7. The zero-order chi connectivity index (χ0) is 19.3. The number of fused-ring (bicyclic) bond motifs is 1. The Bertz CT molecular complexity index is 1200. The van der Waals surface area contributed by atoms with Crippen LogP contribution in [0.1, 0.15) is 39.8 Å². The van der Waals surface area contributed by atoms with Crippen LogP contribution >= 0.6 is 11.3 Å². The standard InChI is InChI=1S/C19H14FN5O2S/c1-9-15-13(16(26)22-19-24-23-18(28-19)11-2-3-11)8-14(21-17(15)27-25-9)10-4-6-12(20)7-5-10/h4-8,11H,2-3H2,1H3,(H,22,24,26). The number of amides is 1. The summed E-state index contributed by atoms with van der Waals surface area (Å²) >= 11 is 1.39. The van der Waals surface area contributed by atoms with Gasteiger partial charge in [-0.3, -0.25) is 10.1 Å². The topological polar surface area (TPSA) is 93.8 Å². The number of hydrogen-bond donors (Lipinski definition) is 1. The highest BCUT2D eigenvalue weighted by Crippen LogP contribution is 2.42. The molecule has 4 aromatic rings. The van der Waals surface area contributed by atoms with E-state index in [4.69, 9.17) is 4.52 Å². The van der Waals surface area contributed by atoms with Crippen molar-refractivity contribution in [3.8, 4) is 11.3 Å². The molecule has 5 rings (SSSR count). The largest absolute Gasteiger partial charge is 0.335 e. The Labute approximate surface area is 162 Å². The summed E-state index contributed by atoms with van der Waals surface area (Å²) in [6, 6.07) is 7.53. The van der Waals surface area contributed by atoms with E-state index in [1.54, 1.807) is 25.1 Å². The molecule has 0 unspecified atom stereocenters. The first-order valence-electron chi connectivity index (χ1n) is 8.76. The molecule has 1 saturated carbocycles. The third kappa shape index (κ3) is 3.03.